The number of ketones is 1. The molecular formula is C55H86O27. The third-order valence-electron chi connectivity index (χ3n) is 21.0. The molecule has 11 aliphatic rings. The quantitative estimate of drug-likeness (QED) is 0.0771. The van der Waals surface area contributed by atoms with Gasteiger partial charge in [0.1, 0.15) is 110 Å². The van der Waals surface area contributed by atoms with Gasteiger partial charge in [0, 0.05) is 23.7 Å². The van der Waals surface area contributed by atoms with Gasteiger partial charge in [-0.15, -0.1) is 0 Å². The van der Waals surface area contributed by atoms with Crippen LogP contribution in [0.4, 0.5) is 0 Å². The molecule has 0 aromatic carbocycles. The lowest BCUT2D eigenvalue weighted by Crippen LogP contribution is -2.69. The molecule has 3 saturated carbocycles. The van der Waals surface area contributed by atoms with Gasteiger partial charge in [-0.05, 0) is 80.1 Å². The first-order valence-corrected chi connectivity index (χ1v) is 29.3. The van der Waals surface area contributed by atoms with Crippen LogP contribution in [0.25, 0.3) is 0 Å². The van der Waals surface area contributed by atoms with Crippen LogP contribution in [-0.2, 0) is 61.6 Å². The molecule has 34 atom stereocenters. The molecule has 0 unspecified atom stereocenters. The van der Waals surface area contributed by atoms with Crippen LogP contribution in [0, 0.1) is 46.3 Å². The lowest BCUT2D eigenvalue weighted by molar-refractivity contribution is -0.408. The van der Waals surface area contributed by atoms with Crippen molar-refractivity contribution in [3.8, 4) is 0 Å². The summed E-state index contributed by atoms with van der Waals surface area (Å²) in [6.45, 7) is 5.58. The molecule has 0 aromatic rings. The van der Waals surface area contributed by atoms with E-state index in [2.05, 4.69) is 27.7 Å². The summed E-state index contributed by atoms with van der Waals surface area (Å²) in [5.41, 5.74) is 0.282. The highest BCUT2D eigenvalue weighted by Crippen LogP contribution is 2.69. The highest BCUT2D eigenvalue weighted by molar-refractivity contribution is 5.97. The Balaban J connectivity index is 0.794. The number of aliphatic hydroxyl groups is 14. The first-order valence-electron chi connectivity index (χ1n) is 29.3. The molecule has 27 heteroatoms. The lowest BCUT2D eigenvalue weighted by Gasteiger charge is -2.57. The molecule has 10 fully saturated rings. The molecule has 14 N–H and O–H groups in total. The highest BCUT2D eigenvalue weighted by atomic mass is 16.8. The number of aliphatic hydroxyl groups excluding tert-OH is 14. The molecular weight excluding hydrogens is 1090 g/mol. The second-order valence-electron chi connectivity index (χ2n) is 25.7. The molecule has 4 aliphatic carbocycles. The Labute approximate surface area is 473 Å². The monoisotopic (exact) mass is 1180 g/mol. The summed E-state index contributed by atoms with van der Waals surface area (Å²) in [6, 6.07) is 0. The number of ether oxygens (including phenoxy) is 12. The first-order chi connectivity index (χ1) is 39.0. The van der Waals surface area contributed by atoms with E-state index in [-0.39, 0.29) is 46.9 Å². The summed E-state index contributed by atoms with van der Waals surface area (Å²) in [5, 5.41) is 153. The van der Waals surface area contributed by atoms with Crippen molar-refractivity contribution in [3.05, 3.63) is 11.6 Å². The number of fused-ring (bicyclic) bond motifs is 7. The van der Waals surface area contributed by atoms with Crippen LogP contribution >= 0.6 is 0 Å². The van der Waals surface area contributed by atoms with E-state index in [1.807, 2.05) is 6.08 Å². The number of carbonyl (C=O) groups is 1. The van der Waals surface area contributed by atoms with E-state index >= 15 is 0 Å². The van der Waals surface area contributed by atoms with Crippen molar-refractivity contribution >= 4 is 5.78 Å². The predicted molar refractivity (Wildman–Crippen MR) is 269 cm³/mol. The van der Waals surface area contributed by atoms with Crippen LogP contribution in [0.2, 0.25) is 0 Å². The maximum absolute atomic E-state index is 14.7. The average Bonchev–Trinajstić information content (AvgIpc) is 1.54. The van der Waals surface area contributed by atoms with Crippen molar-refractivity contribution in [2.45, 2.75) is 238 Å². The molecule has 0 amide bonds. The predicted octanol–water partition coefficient (Wildman–Crippen LogP) is -4.71. The molecule has 0 aromatic heterocycles. The first kappa shape index (κ1) is 62.0. The summed E-state index contributed by atoms with van der Waals surface area (Å²) >= 11 is 0. The van der Waals surface area contributed by atoms with Crippen LogP contribution in [0.3, 0.4) is 0 Å². The Hall–Kier alpha value is -1.63. The largest absolute Gasteiger partial charge is 0.394 e. The van der Waals surface area contributed by atoms with Gasteiger partial charge in [-0.2, -0.15) is 0 Å². The van der Waals surface area contributed by atoms with E-state index in [4.69, 9.17) is 56.8 Å². The summed E-state index contributed by atoms with van der Waals surface area (Å²) in [5.74, 6) is 0.501. The third-order valence-corrected chi connectivity index (χ3v) is 21.0. The number of hydrogen-bond donors (Lipinski definition) is 14. The fourth-order valence-corrected chi connectivity index (χ4v) is 16.1. The Bertz CT molecular complexity index is 2240. The van der Waals surface area contributed by atoms with E-state index in [1.165, 1.54) is 5.57 Å². The number of rotatable bonds is 13. The molecule has 82 heavy (non-hydrogen) atoms. The normalized spacial score (nSPS) is 56.0. The van der Waals surface area contributed by atoms with Crippen LogP contribution in [0.5, 0.6) is 0 Å². The van der Waals surface area contributed by atoms with Gasteiger partial charge in [0.25, 0.3) is 0 Å². The van der Waals surface area contributed by atoms with E-state index in [0.29, 0.717) is 31.8 Å². The minimum absolute atomic E-state index is 0.0474. The fraction of sp³-hybridized carbons (Fsp3) is 0.945. The van der Waals surface area contributed by atoms with Crippen molar-refractivity contribution < 1.29 is 133 Å². The van der Waals surface area contributed by atoms with Crippen molar-refractivity contribution in [1.29, 1.82) is 0 Å². The number of hydrogen-bond acceptors (Lipinski definition) is 27. The van der Waals surface area contributed by atoms with E-state index < -0.39 is 192 Å². The molecule has 7 heterocycles. The van der Waals surface area contributed by atoms with Crippen molar-refractivity contribution in [2.75, 3.05) is 39.6 Å². The molecule has 7 aliphatic heterocycles. The number of allylic oxidation sites excluding steroid dienone is 2. The average molecular weight is 1180 g/mol. The minimum Gasteiger partial charge on any atom is -0.394 e. The van der Waals surface area contributed by atoms with Gasteiger partial charge in [-0.3, -0.25) is 4.79 Å². The van der Waals surface area contributed by atoms with Crippen LogP contribution in [0.15, 0.2) is 11.6 Å². The van der Waals surface area contributed by atoms with E-state index in [9.17, 15) is 76.3 Å². The molecule has 0 bridgehead atoms. The standard InChI is InChI=1S/C55H86O27/c1-20-7-10-55(73-17-20)21(2)34-29(82-55)12-26-24-6-5-22-11-23(8-9-53(22,3)25(24)13-33(61)54(26,34)4)74-50-42(69)39(66)44(32(16-58)77-50)78-52-47(46(38(65)31(15-57)76-52)80-49-41(68)36(63)28(60)19-72-49)81-51-43(70)45(37(64)30(14-56)75-51)79-48-40(67)35(62)27(59)18-71-48/h13,20-24,26-32,34-52,56-60,62-70H,5-12,14-19H2,1-4H3/t20-,21+,22+,23+,24-,26+,27-,28-,29+,30-,31-,32-,34+,35+,36+,37-,38-,39-,40-,41-,42-,43-,44+,45+,46+,47-,48+,49+,50-,51+,52+,53+,54-,55-/m1/s1. The van der Waals surface area contributed by atoms with Gasteiger partial charge in [-0.1, -0.05) is 33.3 Å². The Kier molecular flexibility index (Phi) is 18.2. The van der Waals surface area contributed by atoms with Gasteiger partial charge in [0.15, 0.2) is 43.0 Å². The molecule has 27 nitrogen and oxygen atoms in total. The zero-order chi connectivity index (χ0) is 58.6. The smallest absolute Gasteiger partial charge is 0.187 e. The minimum atomic E-state index is -2.13. The maximum Gasteiger partial charge on any atom is 0.187 e. The molecule has 0 radical (unpaired) electrons. The van der Waals surface area contributed by atoms with Crippen LogP contribution in [0.1, 0.15) is 79.1 Å². The second kappa shape index (κ2) is 24.1. The molecule has 1 spiro atoms. The van der Waals surface area contributed by atoms with Crippen LogP contribution < -0.4 is 0 Å². The van der Waals surface area contributed by atoms with E-state index in [1.54, 1.807) is 0 Å². The Morgan fingerprint density at radius 2 is 1.11 bits per heavy atom. The Morgan fingerprint density at radius 1 is 0.549 bits per heavy atom. The Morgan fingerprint density at radius 3 is 1.73 bits per heavy atom. The van der Waals surface area contributed by atoms with Gasteiger partial charge in [0.2, 0.25) is 0 Å². The SMILES string of the molecule is C[C@@H]1CC[C@@]2(OC1)O[C@H]1C[C@H]3[C@@H]4CC[C@H]5C[C@@H](O[C@@H]6O[C@H](CO)[C@H](O[C@@H]7O[C@H](CO)[C@@H](O)[C@H](O[C@@H]8OC[C@@H](O)[C@H](O)[C@H]8O)[C@H]7O[C@@H]7O[C@H](CO)[C@@H](O)[C@H](O[C@@H]8OC[C@@H](O)[C@H](O)[C@H]8O)[C@H]7O)[C@H](O)[C@H]6O)CC[C@]5(C)C4=CC(=O)[C@]3(C)[C@H]1[C@@H]2C. The summed E-state index contributed by atoms with van der Waals surface area (Å²) in [6.07, 6.45) is -34.3. The van der Waals surface area contributed by atoms with Gasteiger partial charge in [0.05, 0.1) is 51.8 Å². The van der Waals surface area contributed by atoms with Gasteiger partial charge < -0.3 is 128 Å². The van der Waals surface area contributed by atoms with Crippen molar-refractivity contribution in [2.24, 2.45) is 46.3 Å². The topological polar surface area (TPSA) is 411 Å². The van der Waals surface area contributed by atoms with Gasteiger partial charge in [-0.25, -0.2) is 0 Å². The second-order valence-corrected chi connectivity index (χ2v) is 25.7. The highest BCUT2D eigenvalue weighted by Gasteiger charge is 2.71. The van der Waals surface area contributed by atoms with E-state index in [0.717, 1.165) is 32.1 Å². The van der Waals surface area contributed by atoms with Crippen molar-refractivity contribution in [1.82, 2.24) is 0 Å². The molecule has 7 saturated heterocycles. The molecule has 11 rings (SSSR count). The fourth-order valence-electron chi connectivity index (χ4n) is 16.1. The maximum atomic E-state index is 14.7. The van der Waals surface area contributed by atoms with Crippen LogP contribution in [-0.4, -0.2) is 276 Å². The summed E-state index contributed by atoms with van der Waals surface area (Å²) in [7, 11) is 0. The lowest BCUT2D eigenvalue weighted by atomic mass is 9.48. The zero-order valence-electron chi connectivity index (χ0n) is 46.4. The summed E-state index contributed by atoms with van der Waals surface area (Å²) in [4.78, 5) is 14.7. The summed E-state index contributed by atoms with van der Waals surface area (Å²) < 4.78 is 72.9. The van der Waals surface area contributed by atoms with Gasteiger partial charge >= 0.3 is 0 Å². The number of carbonyl (C=O) groups excluding carboxylic acids is 1. The zero-order valence-corrected chi connectivity index (χ0v) is 46.4. The van der Waals surface area contributed by atoms with Crippen molar-refractivity contribution in [3.63, 3.8) is 0 Å². The third kappa shape index (κ3) is 10.6. The molecule has 468 valence electrons.